The highest BCUT2D eigenvalue weighted by molar-refractivity contribution is 7.08. The lowest BCUT2D eigenvalue weighted by atomic mass is 9.83. The van der Waals surface area contributed by atoms with Crippen LogP contribution in [0.15, 0.2) is 16.8 Å². The molecule has 1 atom stereocenters. The number of nitrogens with one attached hydrogen (secondary N) is 1. The third-order valence-corrected chi connectivity index (χ3v) is 4.24. The predicted molar refractivity (Wildman–Crippen MR) is 76.3 cm³/mol. The van der Waals surface area contributed by atoms with Crippen LogP contribution < -0.4 is 5.32 Å². The Hall–Kier alpha value is -1.69. The van der Waals surface area contributed by atoms with E-state index in [1.54, 1.807) is 6.92 Å². The summed E-state index contributed by atoms with van der Waals surface area (Å²) in [5.41, 5.74) is 0.0135. The third-order valence-electron chi connectivity index (χ3n) is 3.56. The molecule has 5 nitrogen and oxygen atoms in total. The molecule has 6 heteroatoms. The largest absolute Gasteiger partial charge is 0.355 e. The number of amides is 3. The Morgan fingerprint density at radius 1 is 1.50 bits per heavy atom. The van der Waals surface area contributed by atoms with Crippen LogP contribution in [0.3, 0.4) is 0 Å². The molecule has 0 aliphatic carbocycles. The van der Waals surface area contributed by atoms with E-state index in [0.29, 0.717) is 6.54 Å². The van der Waals surface area contributed by atoms with Gasteiger partial charge in [0.25, 0.3) is 0 Å². The fourth-order valence-electron chi connectivity index (χ4n) is 2.31. The highest BCUT2D eigenvalue weighted by Gasteiger charge is 2.49. The highest BCUT2D eigenvalue weighted by atomic mass is 32.1. The Morgan fingerprint density at radius 2 is 2.25 bits per heavy atom. The third kappa shape index (κ3) is 2.60. The summed E-state index contributed by atoms with van der Waals surface area (Å²) >= 11 is 1.49. The average Bonchev–Trinajstić information content (AvgIpc) is 3.01. The summed E-state index contributed by atoms with van der Waals surface area (Å²) in [7, 11) is 0. The molecule has 0 radical (unpaired) electrons. The average molecular weight is 294 g/mol. The first kappa shape index (κ1) is 14.7. The van der Waals surface area contributed by atoms with Crippen LogP contribution in [0.25, 0.3) is 0 Å². The minimum Gasteiger partial charge on any atom is -0.355 e. The van der Waals surface area contributed by atoms with Gasteiger partial charge in [-0.2, -0.15) is 11.3 Å². The fourth-order valence-corrected chi connectivity index (χ4v) is 3.10. The quantitative estimate of drug-likeness (QED) is 0.832. The SMILES string of the molecule is CCCNC(=O)CN1C(=O)C[C@](C)(c2ccsc2)C1=O. The number of imide groups is 1. The molecule has 0 unspecified atom stereocenters. The number of carbonyl (C=O) groups excluding carboxylic acids is 3. The number of likely N-dealkylation sites (tertiary alicyclic amines) is 1. The number of thiophene rings is 1. The lowest BCUT2D eigenvalue weighted by Gasteiger charge is -2.21. The second-order valence-electron chi connectivity index (χ2n) is 5.16. The van der Waals surface area contributed by atoms with Crippen molar-refractivity contribution >= 4 is 29.1 Å². The molecular formula is C14H18N2O3S. The van der Waals surface area contributed by atoms with E-state index in [2.05, 4.69) is 5.32 Å². The van der Waals surface area contributed by atoms with Crippen molar-refractivity contribution in [2.75, 3.05) is 13.1 Å². The zero-order chi connectivity index (χ0) is 14.8. The van der Waals surface area contributed by atoms with E-state index < -0.39 is 5.41 Å². The highest BCUT2D eigenvalue weighted by Crippen LogP contribution is 2.37. The standard InChI is InChI=1S/C14H18N2O3S/c1-3-5-15-11(17)8-16-12(18)7-14(2,13(16)19)10-4-6-20-9-10/h4,6,9H,3,5,7-8H2,1-2H3,(H,15,17)/t14-/m1/s1. The summed E-state index contributed by atoms with van der Waals surface area (Å²) < 4.78 is 0. The maximum Gasteiger partial charge on any atom is 0.240 e. The fraction of sp³-hybridized carbons (Fsp3) is 0.500. The van der Waals surface area contributed by atoms with Crippen LogP contribution in [0.2, 0.25) is 0 Å². The van der Waals surface area contributed by atoms with Crippen LogP contribution >= 0.6 is 11.3 Å². The molecule has 0 saturated carbocycles. The lowest BCUT2D eigenvalue weighted by Crippen LogP contribution is -2.43. The molecule has 0 spiro atoms. The normalized spacial score (nSPS) is 22.4. The summed E-state index contributed by atoms with van der Waals surface area (Å²) in [5, 5.41) is 6.44. The van der Waals surface area contributed by atoms with Gasteiger partial charge in [0.2, 0.25) is 17.7 Å². The molecule has 1 saturated heterocycles. The van der Waals surface area contributed by atoms with E-state index in [0.717, 1.165) is 16.9 Å². The minimum absolute atomic E-state index is 0.129. The molecule has 1 aromatic heterocycles. The van der Waals surface area contributed by atoms with Gasteiger partial charge >= 0.3 is 0 Å². The Balaban J connectivity index is 2.11. The molecular weight excluding hydrogens is 276 g/mol. The van der Waals surface area contributed by atoms with Crippen molar-refractivity contribution in [3.8, 4) is 0 Å². The van der Waals surface area contributed by atoms with E-state index in [9.17, 15) is 14.4 Å². The number of hydrogen-bond donors (Lipinski definition) is 1. The van der Waals surface area contributed by atoms with Crippen LogP contribution in [0.5, 0.6) is 0 Å². The van der Waals surface area contributed by atoms with Gasteiger partial charge in [-0.25, -0.2) is 0 Å². The summed E-state index contributed by atoms with van der Waals surface area (Å²) in [6.07, 6.45) is 0.948. The van der Waals surface area contributed by atoms with Crippen molar-refractivity contribution in [2.24, 2.45) is 0 Å². The summed E-state index contributed by atoms with van der Waals surface area (Å²) in [5.74, 6) is -0.856. The molecule has 3 amide bonds. The Kier molecular flexibility index (Phi) is 4.23. The Labute approximate surface area is 122 Å². The molecule has 1 fully saturated rings. The first-order valence-electron chi connectivity index (χ1n) is 6.63. The van der Waals surface area contributed by atoms with Crippen molar-refractivity contribution < 1.29 is 14.4 Å². The van der Waals surface area contributed by atoms with E-state index in [4.69, 9.17) is 0 Å². The van der Waals surface area contributed by atoms with E-state index in [1.165, 1.54) is 11.3 Å². The van der Waals surface area contributed by atoms with Gasteiger partial charge < -0.3 is 5.32 Å². The van der Waals surface area contributed by atoms with Gasteiger partial charge in [0.1, 0.15) is 6.54 Å². The molecule has 1 N–H and O–H groups in total. The summed E-state index contributed by atoms with van der Waals surface area (Å²) in [6.45, 7) is 4.08. The molecule has 2 heterocycles. The number of carbonyl (C=O) groups is 3. The molecule has 0 aromatic carbocycles. The smallest absolute Gasteiger partial charge is 0.240 e. The minimum atomic E-state index is -0.831. The predicted octanol–water partition coefficient (Wildman–Crippen LogP) is 1.29. The molecule has 2 rings (SSSR count). The van der Waals surface area contributed by atoms with Gasteiger partial charge in [-0.05, 0) is 35.7 Å². The first-order valence-corrected chi connectivity index (χ1v) is 7.57. The maximum atomic E-state index is 12.5. The Bertz CT molecular complexity index is 527. The second-order valence-corrected chi connectivity index (χ2v) is 5.94. The zero-order valence-corrected chi connectivity index (χ0v) is 12.5. The van der Waals surface area contributed by atoms with Crippen molar-refractivity contribution in [3.63, 3.8) is 0 Å². The van der Waals surface area contributed by atoms with Crippen LogP contribution in [0, 0.1) is 0 Å². The van der Waals surface area contributed by atoms with Crippen molar-refractivity contribution in [3.05, 3.63) is 22.4 Å². The van der Waals surface area contributed by atoms with Gasteiger partial charge in [-0.15, -0.1) is 0 Å². The lowest BCUT2D eigenvalue weighted by molar-refractivity contribution is -0.143. The van der Waals surface area contributed by atoms with Gasteiger partial charge in [-0.1, -0.05) is 6.92 Å². The number of nitrogens with zero attached hydrogens (tertiary/aromatic N) is 1. The second kappa shape index (κ2) is 5.75. The maximum absolute atomic E-state index is 12.5. The molecule has 1 aliphatic rings. The van der Waals surface area contributed by atoms with E-state index in [-0.39, 0.29) is 30.7 Å². The van der Waals surface area contributed by atoms with Crippen LogP contribution in [0.4, 0.5) is 0 Å². The molecule has 108 valence electrons. The topological polar surface area (TPSA) is 66.5 Å². The number of hydrogen-bond acceptors (Lipinski definition) is 4. The summed E-state index contributed by atoms with van der Waals surface area (Å²) in [6, 6.07) is 1.86. The van der Waals surface area contributed by atoms with Gasteiger partial charge in [0.15, 0.2) is 0 Å². The van der Waals surface area contributed by atoms with Crippen molar-refractivity contribution in [2.45, 2.75) is 32.1 Å². The summed E-state index contributed by atoms with van der Waals surface area (Å²) in [4.78, 5) is 37.3. The van der Waals surface area contributed by atoms with Gasteiger partial charge in [0.05, 0.1) is 5.41 Å². The van der Waals surface area contributed by atoms with E-state index >= 15 is 0 Å². The van der Waals surface area contributed by atoms with Crippen LogP contribution in [-0.2, 0) is 19.8 Å². The first-order chi connectivity index (χ1) is 9.49. The van der Waals surface area contributed by atoms with Crippen LogP contribution in [0.1, 0.15) is 32.3 Å². The monoisotopic (exact) mass is 294 g/mol. The van der Waals surface area contributed by atoms with Crippen LogP contribution in [-0.4, -0.2) is 35.7 Å². The van der Waals surface area contributed by atoms with Gasteiger partial charge in [0, 0.05) is 13.0 Å². The molecule has 1 aromatic rings. The Morgan fingerprint density at radius 3 is 2.85 bits per heavy atom. The molecule has 20 heavy (non-hydrogen) atoms. The van der Waals surface area contributed by atoms with Crippen molar-refractivity contribution in [1.82, 2.24) is 10.2 Å². The zero-order valence-electron chi connectivity index (χ0n) is 11.6. The molecule has 0 bridgehead atoms. The van der Waals surface area contributed by atoms with Gasteiger partial charge in [-0.3, -0.25) is 19.3 Å². The van der Waals surface area contributed by atoms with E-state index in [1.807, 2.05) is 23.8 Å². The number of rotatable bonds is 5. The molecule has 1 aliphatic heterocycles. The van der Waals surface area contributed by atoms with Crippen molar-refractivity contribution in [1.29, 1.82) is 0 Å².